The summed E-state index contributed by atoms with van der Waals surface area (Å²) < 4.78 is 0. The molecule has 2 heteroatoms. The molecular weight excluding hydrogens is 284 g/mol. The zero-order chi connectivity index (χ0) is 16.5. The smallest absolute Gasteiger partial charge is 0.125 e. The fraction of sp³-hybridized carbons (Fsp3) is 0.905. The second kappa shape index (κ2) is 4.99. The van der Waals surface area contributed by atoms with E-state index in [4.69, 9.17) is 6.42 Å². The van der Waals surface area contributed by atoms with Crippen molar-refractivity contribution in [3.63, 3.8) is 0 Å². The van der Waals surface area contributed by atoms with Crippen molar-refractivity contribution in [1.82, 2.24) is 0 Å². The van der Waals surface area contributed by atoms with Gasteiger partial charge in [-0.05, 0) is 92.3 Å². The SMILES string of the molecule is C#C[C@]1(O)CC[C@@]2(C)[C@H](CC[C@@H]3[C@@H]2CC[C@]2(C)[C@H](O)CC[C@@H]32)C1. The topological polar surface area (TPSA) is 40.5 Å². The minimum Gasteiger partial charge on any atom is -0.393 e. The van der Waals surface area contributed by atoms with Gasteiger partial charge in [-0.2, -0.15) is 0 Å². The van der Waals surface area contributed by atoms with Crippen LogP contribution in [-0.2, 0) is 0 Å². The first kappa shape index (κ1) is 16.0. The van der Waals surface area contributed by atoms with Crippen molar-refractivity contribution >= 4 is 0 Å². The molecule has 8 atom stereocenters. The Morgan fingerprint density at radius 1 is 0.913 bits per heavy atom. The van der Waals surface area contributed by atoms with Crippen molar-refractivity contribution in [2.75, 3.05) is 0 Å². The van der Waals surface area contributed by atoms with Crippen LogP contribution in [-0.4, -0.2) is 21.9 Å². The Bertz CT molecular complexity index is 536. The molecule has 4 saturated carbocycles. The van der Waals surface area contributed by atoms with Crippen LogP contribution >= 0.6 is 0 Å². The third kappa shape index (κ3) is 2.09. The minimum absolute atomic E-state index is 0.0862. The van der Waals surface area contributed by atoms with E-state index in [1.807, 2.05) is 0 Å². The lowest BCUT2D eigenvalue weighted by atomic mass is 9.44. The first-order chi connectivity index (χ1) is 10.8. The third-order valence-corrected chi connectivity index (χ3v) is 8.95. The molecule has 2 N–H and O–H groups in total. The number of terminal acetylenes is 1. The molecule has 0 heterocycles. The monoisotopic (exact) mass is 316 g/mol. The summed E-state index contributed by atoms with van der Waals surface area (Å²) in [5.41, 5.74) is -0.344. The van der Waals surface area contributed by atoms with Gasteiger partial charge in [-0.15, -0.1) is 6.42 Å². The average Bonchev–Trinajstić information content (AvgIpc) is 2.84. The van der Waals surface area contributed by atoms with Crippen LogP contribution in [0, 0.1) is 46.8 Å². The quantitative estimate of drug-likeness (QED) is 0.668. The molecule has 4 aliphatic rings. The van der Waals surface area contributed by atoms with Gasteiger partial charge >= 0.3 is 0 Å². The maximum atomic E-state index is 10.6. The molecule has 4 rings (SSSR count). The van der Waals surface area contributed by atoms with Crippen molar-refractivity contribution in [3.05, 3.63) is 0 Å². The largest absolute Gasteiger partial charge is 0.393 e. The van der Waals surface area contributed by atoms with E-state index < -0.39 is 5.60 Å². The summed E-state index contributed by atoms with van der Waals surface area (Å²) in [6.07, 6.45) is 15.3. The molecule has 23 heavy (non-hydrogen) atoms. The molecule has 128 valence electrons. The van der Waals surface area contributed by atoms with Crippen molar-refractivity contribution in [2.24, 2.45) is 34.5 Å². The first-order valence-corrected chi connectivity index (χ1v) is 9.71. The van der Waals surface area contributed by atoms with Gasteiger partial charge in [0.25, 0.3) is 0 Å². The Morgan fingerprint density at radius 2 is 1.65 bits per heavy atom. The van der Waals surface area contributed by atoms with Gasteiger partial charge in [0.2, 0.25) is 0 Å². The molecule has 0 aromatic rings. The van der Waals surface area contributed by atoms with Crippen molar-refractivity contribution in [1.29, 1.82) is 0 Å². The minimum atomic E-state index is -0.857. The van der Waals surface area contributed by atoms with E-state index in [9.17, 15) is 10.2 Å². The second-order valence-corrected chi connectivity index (χ2v) is 9.67. The predicted octanol–water partition coefficient (Wildman–Crippen LogP) is 3.75. The molecule has 0 spiro atoms. The van der Waals surface area contributed by atoms with E-state index in [2.05, 4.69) is 19.8 Å². The summed E-state index contributed by atoms with van der Waals surface area (Å²) in [5.74, 6) is 5.51. The van der Waals surface area contributed by atoms with Crippen molar-refractivity contribution < 1.29 is 10.2 Å². The molecule has 0 bridgehead atoms. The molecule has 2 nitrogen and oxygen atoms in total. The van der Waals surface area contributed by atoms with E-state index in [0.29, 0.717) is 17.3 Å². The molecule has 0 aromatic heterocycles. The first-order valence-electron chi connectivity index (χ1n) is 9.71. The fourth-order valence-electron chi connectivity index (χ4n) is 7.35. The Kier molecular flexibility index (Phi) is 3.47. The molecule has 4 fully saturated rings. The van der Waals surface area contributed by atoms with Gasteiger partial charge in [-0.3, -0.25) is 0 Å². The maximum Gasteiger partial charge on any atom is 0.125 e. The van der Waals surface area contributed by atoms with Crippen molar-refractivity contribution in [2.45, 2.75) is 83.3 Å². The Hall–Kier alpha value is -0.520. The number of fused-ring (bicyclic) bond motifs is 5. The lowest BCUT2D eigenvalue weighted by Gasteiger charge is -2.61. The zero-order valence-corrected chi connectivity index (χ0v) is 14.7. The number of aliphatic hydroxyl groups is 2. The molecule has 4 aliphatic carbocycles. The van der Waals surface area contributed by atoms with Gasteiger partial charge < -0.3 is 10.2 Å². The normalized spacial score (nSPS) is 58.7. The van der Waals surface area contributed by atoms with Crippen LogP contribution in [0.3, 0.4) is 0 Å². The summed E-state index contributed by atoms with van der Waals surface area (Å²) in [4.78, 5) is 0. The van der Waals surface area contributed by atoms with Crippen molar-refractivity contribution in [3.8, 4) is 12.3 Å². The van der Waals surface area contributed by atoms with E-state index in [1.165, 1.54) is 32.1 Å². The molecule has 0 unspecified atom stereocenters. The van der Waals surface area contributed by atoms with Gasteiger partial charge in [0.05, 0.1) is 6.10 Å². The van der Waals surface area contributed by atoms with Crippen LogP contribution in [0.4, 0.5) is 0 Å². The average molecular weight is 316 g/mol. The summed E-state index contributed by atoms with van der Waals surface area (Å²) in [7, 11) is 0. The summed E-state index contributed by atoms with van der Waals surface area (Å²) in [5, 5.41) is 21.1. The zero-order valence-electron chi connectivity index (χ0n) is 14.7. The van der Waals surface area contributed by atoms with Gasteiger partial charge in [-0.25, -0.2) is 0 Å². The molecular formula is C21H32O2. The Balaban J connectivity index is 1.61. The molecule has 0 amide bonds. The Labute approximate surface area is 141 Å². The van der Waals surface area contributed by atoms with E-state index in [0.717, 1.165) is 37.5 Å². The maximum absolute atomic E-state index is 10.6. The predicted molar refractivity (Wildman–Crippen MR) is 91.5 cm³/mol. The summed E-state index contributed by atoms with van der Waals surface area (Å²) in [6.45, 7) is 4.83. The Morgan fingerprint density at radius 3 is 2.39 bits per heavy atom. The van der Waals surface area contributed by atoms with Gasteiger partial charge in [-0.1, -0.05) is 19.8 Å². The third-order valence-electron chi connectivity index (χ3n) is 8.95. The molecule has 0 aromatic carbocycles. The van der Waals surface area contributed by atoms with Crippen LogP contribution in [0.25, 0.3) is 0 Å². The van der Waals surface area contributed by atoms with Gasteiger partial charge in [0.15, 0.2) is 0 Å². The number of hydrogen-bond donors (Lipinski definition) is 2. The molecule has 0 saturated heterocycles. The van der Waals surface area contributed by atoms with E-state index in [1.54, 1.807) is 0 Å². The lowest BCUT2D eigenvalue weighted by Crippen LogP contribution is -2.56. The van der Waals surface area contributed by atoms with Crippen LogP contribution in [0.15, 0.2) is 0 Å². The van der Waals surface area contributed by atoms with Crippen LogP contribution in [0.1, 0.15) is 71.6 Å². The van der Waals surface area contributed by atoms with E-state index >= 15 is 0 Å². The summed E-state index contributed by atoms with van der Waals surface area (Å²) >= 11 is 0. The van der Waals surface area contributed by atoms with Crippen LogP contribution in [0.5, 0.6) is 0 Å². The standard InChI is InChI=1S/C21H32O2/c1-4-21(23)12-11-19(2)14(13-21)5-6-15-16-7-8-18(22)20(16,3)10-9-17(15)19/h1,14-18,22-23H,5-13H2,2-3H3/t14-,15+,16+,17+,18-,19+,20+,21+/m1/s1. The van der Waals surface area contributed by atoms with Gasteiger partial charge in [0.1, 0.15) is 5.60 Å². The summed E-state index contributed by atoms with van der Waals surface area (Å²) in [6, 6.07) is 0. The number of rotatable bonds is 0. The highest BCUT2D eigenvalue weighted by Gasteiger charge is 2.60. The second-order valence-electron chi connectivity index (χ2n) is 9.67. The number of hydrogen-bond acceptors (Lipinski definition) is 2. The van der Waals surface area contributed by atoms with E-state index in [-0.39, 0.29) is 11.5 Å². The highest BCUT2D eigenvalue weighted by molar-refractivity contribution is 5.16. The fourth-order valence-corrected chi connectivity index (χ4v) is 7.35. The van der Waals surface area contributed by atoms with Crippen LogP contribution < -0.4 is 0 Å². The highest BCUT2D eigenvalue weighted by atomic mass is 16.3. The highest BCUT2D eigenvalue weighted by Crippen LogP contribution is 2.66. The molecule has 0 radical (unpaired) electrons. The molecule has 0 aliphatic heterocycles. The number of aliphatic hydroxyl groups excluding tert-OH is 1. The lowest BCUT2D eigenvalue weighted by molar-refractivity contribution is -0.143. The van der Waals surface area contributed by atoms with Gasteiger partial charge in [0, 0.05) is 0 Å². The van der Waals surface area contributed by atoms with Crippen LogP contribution in [0.2, 0.25) is 0 Å².